The van der Waals surface area contributed by atoms with E-state index in [2.05, 4.69) is 5.32 Å². The fraction of sp³-hybridized carbons (Fsp3) is 0.520. The van der Waals surface area contributed by atoms with Crippen LogP contribution in [-0.2, 0) is 20.9 Å². The van der Waals surface area contributed by atoms with Crippen LogP contribution in [0.3, 0.4) is 0 Å². The van der Waals surface area contributed by atoms with Gasteiger partial charge in [-0.25, -0.2) is 0 Å². The van der Waals surface area contributed by atoms with E-state index in [1.165, 1.54) is 25.2 Å². The predicted molar refractivity (Wildman–Crippen MR) is 127 cm³/mol. The summed E-state index contributed by atoms with van der Waals surface area (Å²) in [6, 6.07) is 2.49. The van der Waals surface area contributed by atoms with E-state index in [9.17, 15) is 24.9 Å². The van der Waals surface area contributed by atoms with Gasteiger partial charge in [-0.3, -0.25) is 9.59 Å². The van der Waals surface area contributed by atoms with Crippen LogP contribution < -0.4 is 14.8 Å². The Hall–Kier alpha value is -2.92. The van der Waals surface area contributed by atoms with Crippen LogP contribution in [0, 0.1) is 0 Å². The number of benzene rings is 1. The maximum Gasteiger partial charge on any atom is 0.247 e. The first kappa shape index (κ1) is 26.7. The molecule has 0 radical (unpaired) electrons. The molecule has 0 unspecified atom stereocenters. The van der Waals surface area contributed by atoms with Gasteiger partial charge in [0.05, 0.1) is 38.9 Å². The van der Waals surface area contributed by atoms with Gasteiger partial charge in [-0.2, -0.15) is 0 Å². The molecule has 0 saturated carbocycles. The monoisotopic (exact) mass is 490 g/mol. The number of methoxy groups -OCH3 is 2. The summed E-state index contributed by atoms with van der Waals surface area (Å²) in [6.45, 7) is 1.89. The molecular weight excluding hydrogens is 456 g/mol. The van der Waals surface area contributed by atoms with E-state index in [1.54, 1.807) is 24.3 Å². The van der Waals surface area contributed by atoms with Gasteiger partial charge in [-0.05, 0) is 36.3 Å². The lowest BCUT2D eigenvalue weighted by molar-refractivity contribution is -0.133. The molecule has 0 aromatic heterocycles. The summed E-state index contributed by atoms with van der Waals surface area (Å²) >= 11 is 0. The number of aliphatic hydroxyl groups excluding tert-OH is 3. The third-order valence-electron chi connectivity index (χ3n) is 6.17. The molecule has 1 aromatic carbocycles. The van der Waals surface area contributed by atoms with E-state index < -0.39 is 30.1 Å². The van der Waals surface area contributed by atoms with Crippen LogP contribution >= 0.6 is 0 Å². The maximum atomic E-state index is 13.2. The SMILES string of the molecule is CCC=CC(=O)N(CCOC)[C@@H]1C=C(C(=O)NCCO)[C@@H]2c3cc(CO)cc(OC)c3O[C@@H]2[C@H]1O. The van der Waals surface area contributed by atoms with Crippen LogP contribution in [-0.4, -0.2) is 90.8 Å². The van der Waals surface area contributed by atoms with Crippen molar-refractivity contribution in [3.63, 3.8) is 0 Å². The average molecular weight is 491 g/mol. The number of hydrogen-bond donors (Lipinski definition) is 4. The summed E-state index contributed by atoms with van der Waals surface area (Å²) < 4.78 is 16.8. The van der Waals surface area contributed by atoms with Gasteiger partial charge < -0.3 is 39.7 Å². The van der Waals surface area contributed by atoms with Crippen molar-refractivity contribution in [1.82, 2.24) is 10.2 Å². The number of amides is 2. The van der Waals surface area contributed by atoms with Crippen molar-refractivity contribution >= 4 is 11.8 Å². The molecule has 10 heteroatoms. The number of ether oxygens (including phenoxy) is 3. The molecule has 1 aliphatic heterocycles. The van der Waals surface area contributed by atoms with Crippen LogP contribution in [0.5, 0.6) is 11.5 Å². The molecule has 2 aliphatic rings. The van der Waals surface area contributed by atoms with Gasteiger partial charge in [-0.1, -0.05) is 13.0 Å². The van der Waals surface area contributed by atoms with Gasteiger partial charge >= 0.3 is 0 Å². The van der Waals surface area contributed by atoms with E-state index in [-0.39, 0.29) is 38.8 Å². The highest BCUT2D eigenvalue weighted by Gasteiger charge is 2.51. The van der Waals surface area contributed by atoms with Gasteiger partial charge in [0.1, 0.15) is 12.2 Å². The topological polar surface area (TPSA) is 138 Å². The molecule has 192 valence electrons. The fourth-order valence-electron chi connectivity index (χ4n) is 4.53. The molecule has 2 amide bonds. The highest BCUT2D eigenvalue weighted by atomic mass is 16.5. The van der Waals surface area contributed by atoms with Crippen molar-refractivity contribution in [3.8, 4) is 11.5 Å². The lowest BCUT2D eigenvalue weighted by Gasteiger charge is -2.40. The molecule has 3 rings (SSSR count). The quantitative estimate of drug-likeness (QED) is 0.324. The fourth-order valence-corrected chi connectivity index (χ4v) is 4.53. The normalized spacial score (nSPS) is 22.7. The molecule has 35 heavy (non-hydrogen) atoms. The minimum absolute atomic E-state index is 0.0417. The number of carbonyl (C=O) groups is 2. The number of nitrogens with one attached hydrogen (secondary N) is 1. The zero-order valence-corrected chi connectivity index (χ0v) is 20.3. The summed E-state index contributed by atoms with van der Waals surface area (Å²) in [5.74, 6) is -0.688. The number of fused-ring (bicyclic) bond motifs is 3. The summed E-state index contributed by atoms with van der Waals surface area (Å²) in [4.78, 5) is 27.7. The van der Waals surface area contributed by atoms with Crippen molar-refractivity contribution < 1.29 is 39.1 Å². The lowest BCUT2D eigenvalue weighted by atomic mass is 9.77. The van der Waals surface area contributed by atoms with Gasteiger partial charge in [-0.15, -0.1) is 0 Å². The molecule has 1 aliphatic carbocycles. The van der Waals surface area contributed by atoms with Gasteiger partial charge in [0, 0.05) is 31.3 Å². The maximum absolute atomic E-state index is 13.2. The number of carbonyl (C=O) groups excluding carboxylic acids is 2. The third-order valence-corrected chi connectivity index (χ3v) is 6.17. The Morgan fingerprint density at radius 1 is 1.26 bits per heavy atom. The minimum Gasteiger partial charge on any atom is -0.493 e. The summed E-state index contributed by atoms with van der Waals surface area (Å²) in [7, 11) is 2.99. The Morgan fingerprint density at radius 3 is 2.66 bits per heavy atom. The van der Waals surface area contributed by atoms with E-state index in [0.717, 1.165) is 0 Å². The molecule has 1 aromatic rings. The molecule has 0 bridgehead atoms. The number of aliphatic hydroxyl groups is 3. The van der Waals surface area contributed by atoms with Crippen LogP contribution in [0.1, 0.15) is 30.4 Å². The van der Waals surface area contributed by atoms with Crippen molar-refractivity contribution in [2.45, 2.75) is 44.1 Å². The summed E-state index contributed by atoms with van der Waals surface area (Å²) in [6.07, 6.45) is 3.36. The van der Waals surface area contributed by atoms with Crippen molar-refractivity contribution in [3.05, 3.63) is 47.1 Å². The van der Waals surface area contributed by atoms with Crippen LogP contribution in [0.25, 0.3) is 0 Å². The second-order valence-corrected chi connectivity index (χ2v) is 8.35. The first-order valence-corrected chi connectivity index (χ1v) is 11.6. The first-order chi connectivity index (χ1) is 16.9. The molecular formula is C25H34N2O8. The van der Waals surface area contributed by atoms with Crippen LogP contribution in [0.4, 0.5) is 0 Å². The average Bonchev–Trinajstić information content (AvgIpc) is 3.26. The first-order valence-electron chi connectivity index (χ1n) is 11.6. The Balaban J connectivity index is 2.11. The van der Waals surface area contributed by atoms with E-state index in [1.807, 2.05) is 6.92 Å². The Labute approximate surface area is 204 Å². The van der Waals surface area contributed by atoms with Crippen molar-refractivity contribution in [2.75, 3.05) is 40.5 Å². The summed E-state index contributed by atoms with van der Waals surface area (Å²) in [5, 5.41) is 33.0. The molecule has 4 atom stereocenters. The van der Waals surface area contributed by atoms with Crippen LogP contribution in [0.15, 0.2) is 35.9 Å². The van der Waals surface area contributed by atoms with E-state index >= 15 is 0 Å². The molecule has 0 saturated heterocycles. The molecule has 4 N–H and O–H groups in total. The Morgan fingerprint density at radius 2 is 2.03 bits per heavy atom. The molecule has 1 heterocycles. The molecule has 0 fully saturated rings. The van der Waals surface area contributed by atoms with Crippen molar-refractivity contribution in [2.24, 2.45) is 0 Å². The Kier molecular flexibility index (Phi) is 9.27. The van der Waals surface area contributed by atoms with Crippen LogP contribution in [0.2, 0.25) is 0 Å². The highest BCUT2D eigenvalue weighted by Crippen LogP contribution is 2.51. The number of nitrogens with zero attached hydrogens (tertiary/aromatic N) is 1. The third kappa shape index (κ3) is 5.51. The predicted octanol–water partition coefficient (Wildman–Crippen LogP) is 0.251. The standard InChI is InChI=1S/C25H34N2O8/c1-4-5-6-20(30)27(8-10-33-2)18-13-17(25(32)26-7-9-28)21-16-11-15(14-29)12-19(34-3)23(16)35-24(21)22(18)31/h5-6,11-13,18,21-22,24,28-29,31H,4,7-10,14H2,1-3H3,(H,26,32)/t18-,21+,22+,24+/m1/s1. The second-order valence-electron chi connectivity index (χ2n) is 8.35. The van der Waals surface area contributed by atoms with Crippen molar-refractivity contribution in [1.29, 1.82) is 0 Å². The van der Waals surface area contributed by atoms with E-state index in [4.69, 9.17) is 14.2 Å². The van der Waals surface area contributed by atoms with Gasteiger partial charge in [0.25, 0.3) is 0 Å². The van der Waals surface area contributed by atoms with Gasteiger partial charge in [0.2, 0.25) is 11.8 Å². The Bertz CT molecular complexity index is 976. The minimum atomic E-state index is -1.17. The zero-order chi connectivity index (χ0) is 25.5. The largest absolute Gasteiger partial charge is 0.493 e. The summed E-state index contributed by atoms with van der Waals surface area (Å²) in [5.41, 5.74) is 1.46. The van der Waals surface area contributed by atoms with E-state index in [0.29, 0.717) is 34.6 Å². The zero-order valence-electron chi connectivity index (χ0n) is 20.3. The number of rotatable bonds is 11. The van der Waals surface area contributed by atoms with Gasteiger partial charge in [0.15, 0.2) is 11.5 Å². The molecule has 10 nitrogen and oxygen atoms in total. The smallest absolute Gasteiger partial charge is 0.247 e. The highest BCUT2D eigenvalue weighted by molar-refractivity contribution is 5.96. The number of hydrogen-bond acceptors (Lipinski definition) is 8. The second kappa shape index (κ2) is 12.2. The number of allylic oxidation sites excluding steroid dienone is 1. The lowest BCUT2D eigenvalue weighted by Crippen LogP contribution is -2.56. The molecule has 0 spiro atoms.